The van der Waals surface area contributed by atoms with Gasteiger partial charge in [0.25, 0.3) is 0 Å². The zero-order chi connectivity index (χ0) is 26.6. The number of rotatable bonds is 12. The van der Waals surface area contributed by atoms with E-state index in [0.717, 1.165) is 0 Å². The first-order chi connectivity index (χ1) is 15.5. The molecule has 3 amide bonds. The van der Waals surface area contributed by atoms with E-state index in [1.807, 2.05) is 0 Å². The number of halogens is 3. The van der Waals surface area contributed by atoms with Gasteiger partial charge in [0, 0.05) is 32.7 Å². The quantitative estimate of drug-likeness (QED) is 0.397. The molecule has 34 heavy (non-hydrogen) atoms. The number of nitrogens with one attached hydrogen (secondary N) is 1. The van der Waals surface area contributed by atoms with E-state index in [9.17, 15) is 27.6 Å². The average molecular weight is 499 g/mol. The number of unbranched alkanes of at least 4 members (excludes halogenated alkanes) is 1. The van der Waals surface area contributed by atoms with Crippen molar-refractivity contribution in [2.75, 3.05) is 39.3 Å². The molecule has 0 heterocycles. The molecule has 0 aliphatic carbocycles. The van der Waals surface area contributed by atoms with Crippen molar-refractivity contribution in [3.05, 3.63) is 0 Å². The Morgan fingerprint density at radius 3 is 1.47 bits per heavy atom. The van der Waals surface area contributed by atoms with Gasteiger partial charge >= 0.3 is 24.3 Å². The fourth-order valence-electron chi connectivity index (χ4n) is 2.70. The lowest BCUT2D eigenvalue weighted by atomic mass is 10.2. The van der Waals surface area contributed by atoms with E-state index in [2.05, 4.69) is 0 Å². The Morgan fingerprint density at radius 1 is 0.735 bits per heavy atom. The minimum atomic E-state index is -4.95. The van der Waals surface area contributed by atoms with Crippen molar-refractivity contribution in [1.82, 2.24) is 15.1 Å². The number of hydrogen-bond donors (Lipinski definition) is 2. The predicted octanol–water partition coefficient (Wildman–Crippen LogP) is 3.66. The third-order valence-corrected chi connectivity index (χ3v) is 4.19. The summed E-state index contributed by atoms with van der Waals surface area (Å²) in [5, 5.41) is 1.79. The lowest BCUT2D eigenvalue weighted by molar-refractivity contribution is -0.173. The van der Waals surface area contributed by atoms with Gasteiger partial charge in [0.15, 0.2) is 0 Å². The highest BCUT2D eigenvalue weighted by Crippen LogP contribution is 2.15. The SMILES string of the molecule is CC(C)(C)OC(=O)N(CCCN)CCCCN(CCCNC(=O)C(F)(F)F)C(=O)OC(C)(C)C. The van der Waals surface area contributed by atoms with E-state index in [1.165, 1.54) is 4.90 Å². The van der Waals surface area contributed by atoms with E-state index < -0.39 is 35.5 Å². The molecule has 0 aromatic carbocycles. The molecule has 0 saturated heterocycles. The molecule has 0 radical (unpaired) electrons. The van der Waals surface area contributed by atoms with Gasteiger partial charge in [-0.25, -0.2) is 9.59 Å². The van der Waals surface area contributed by atoms with Crippen LogP contribution in [0.25, 0.3) is 0 Å². The average Bonchev–Trinajstić information content (AvgIpc) is 2.64. The molecule has 0 bridgehead atoms. The van der Waals surface area contributed by atoms with Crippen molar-refractivity contribution < 1.29 is 37.0 Å². The number of amides is 3. The van der Waals surface area contributed by atoms with Crippen LogP contribution in [0, 0.1) is 0 Å². The van der Waals surface area contributed by atoms with Gasteiger partial charge in [-0.05, 0) is 73.8 Å². The molecule has 0 fully saturated rings. The highest BCUT2D eigenvalue weighted by Gasteiger charge is 2.38. The molecule has 0 aromatic heterocycles. The molecular weight excluding hydrogens is 457 g/mol. The van der Waals surface area contributed by atoms with Crippen molar-refractivity contribution in [3.8, 4) is 0 Å². The summed E-state index contributed by atoms with van der Waals surface area (Å²) < 4.78 is 47.7. The summed E-state index contributed by atoms with van der Waals surface area (Å²) in [6.07, 6.45) is -4.15. The fraction of sp³-hybridized carbons (Fsp3) is 0.864. The minimum Gasteiger partial charge on any atom is -0.444 e. The molecule has 0 saturated carbocycles. The van der Waals surface area contributed by atoms with Gasteiger partial charge in [0.2, 0.25) is 0 Å². The van der Waals surface area contributed by atoms with Crippen LogP contribution in [-0.2, 0) is 14.3 Å². The van der Waals surface area contributed by atoms with Crippen LogP contribution in [0.5, 0.6) is 0 Å². The van der Waals surface area contributed by atoms with Crippen LogP contribution in [-0.4, -0.2) is 84.5 Å². The zero-order valence-corrected chi connectivity index (χ0v) is 21.2. The second-order valence-electron chi connectivity index (χ2n) is 9.89. The van der Waals surface area contributed by atoms with Gasteiger partial charge in [-0.15, -0.1) is 0 Å². The summed E-state index contributed by atoms with van der Waals surface area (Å²) in [6, 6.07) is 0. The maximum absolute atomic E-state index is 12.5. The monoisotopic (exact) mass is 498 g/mol. The van der Waals surface area contributed by atoms with Gasteiger partial charge in [-0.3, -0.25) is 4.79 Å². The fourth-order valence-corrected chi connectivity index (χ4v) is 2.70. The zero-order valence-electron chi connectivity index (χ0n) is 21.2. The number of alkyl halides is 3. The van der Waals surface area contributed by atoms with Crippen LogP contribution in [0.15, 0.2) is 0 Å². The number of nitrogens with two attached hydrogens (primary N) is 1. The Kier molecular flexibility index (Phi) is 13.3. The van der Waals surface area contributed by atoms with Gasteiger partial charge < -0.3 is 30.3 Å². The van der Waals surface area contributed by atoms with Crippen molar-refractivity contribution in [2.24, 2.45) is 5.73 Å². The Morgan fingerprint density at radius 2 is 1.12 bits per heavy atom. The molecule has 200 valence electrons. The minimum absolute atomic E-state index is 0.107. The van der Waals surface area contributed by atoms with Crippen LogP contribution in [0.1, 0.15) is 67.2 Å². The molecule has 0 aliphatic rings. The number of ether oxygens (including phenoxy) is 2. The molecule has 0 unspecified atom stereocenters. The summed E-state index contributed by atoms with van der Waals surface area (Å²) in [7, 11) is 0. The van der Waals surface area contributed by atoms with E-state index >= 15 is 0 Å². The van der Waals surface area contributed by atoms with Crippen molar-refractivity contribution >= 4 is 18.1 Å². The standard InChI is InChI=1S/C22H41F3N4O5/c1-20(2,3)33-18(31)28(15-9-11-26)13-7-8-14-29(19(32)34-21(4,5)6)16-10-12-27-17(30)22(23,24)25/h7-16,26H2,1-6H3,(H,27,30). The number of nitrogens with zero attached hydrogens (tertiary/aromatic N) is 2. The Bertz CT molecular complexity index is 646. The topological polar surface area (TPSA) is 114 Å². The molecule has 0 atom stereocenters. The van der Waals surface area contributed by atoms with Gasteiger partial charge in [-0.1, -0.05) is 0 Å². The summed E-state index contributed by atoms with van der Waals surface area (Å²) >= 11 is 0. The van der Waals surface area contributed by atoms with Crippen LogP contribution < -0.4 is 11.1 Å². The summed E-state index contributed by atoms with van der Waals surface area (Å²) in [4.78, 5) is 38.8. The van der Waals surface area contributed by atoms with Crippen LogP contribution in [0.2, 0.25) is 0 Å². The van der Waals surface area contributed by atoms with Gasteiger partial charge in [-0.2, -0.15) is 13.2 Å². The highest BCUT2D eigenvalue weighted by molar-refractivity contribution is 5.81. The maximum Gasteiger partial charge on any atom is 0.471 e. The molecule has 0 aliphatic heterocycles. The van der Waals surface area contributed by atoms with Crippen LogP contribution >= 0.6 is 0 Å². The summed E-state index contributed by atoms with van der Waals surface area (Å²) in [6.45, 7) is 11.9. The Labute approximate surface area is 200 Å². The second kappa shape index (κ2) is 14.2. The number of carbonyl (C=O) groups is 3. The molecule has 12 heteroatoms. The first-order valence-corrected chi connectivity index (χ1v) is 11.5. The third-order valence-electron chi connectivity index (χ3n) is 4.19. The maximum atomic E-state index is 12.5. The molecule has 9 nitrogen and oxygen atoms in total. The smallest absolute Gasteiger partial charge is 0.444 e. The Hall–Kier alpha value is -2.24. The van der Waals surface area contributed by atoms with E-state index in [4.69, 9.17) is 15.2 Å². The third kappa shape index (κ3) is 15.6. The lowest BCUT2D eigenvalue weighted by Gasteiger charge is -2.29. The van der Waals surface area contributed by atoms with Crippen molar-refractivity contribution in [3.63, 3.8) is 0 Å². The van der Waals surface area contributed by atoms with E-state index in [-0.39, 0.29) is 26.1 Å². The molecule has 0 rings (SSSR count). The van der Waals surface area contributed by atoms with Crippen LogP contribution in [0.4, 0.5) is 22.8 Å². The van der Waals surface area contributed by atoms with Gasteiger partial charge in [0.05, 0.1) is 0 Å². The predicted molar refractivity (Wildman–Crippen MR) is 122 cm³/mol. The summed E-state index contributed by atoms with van der Waals surface area (Å²) in [5.41, 5.74) is 4.19. The molecule has 0 spiro atoms. The van der Waals surface area contributed by atoms with Crippen molar-refractivity contribution in [1.29, 1.82) is 0 Å². The Balaban J connectivity index is 4.85. The van der Waals surface area contributed by atoms with Gasteiger partial charge in [0.1, 0.15) is 11.2 Å². The second-order valence-corrected chi connectivity index (χ2v) is 9.89. The lowest BCUT2D eigenvalue weighted by Crippen LogP contribution is -2.41. The first kappa shape index (κ1) is 31.8. The van der Waals surface area contributed by atoms with Crippen LogP contribution in [0.3, 0.4) is 0 Å². The molecular formula is C22H41F3N4O5. The van der Waals surface area contributed by atoms with E-state index in [0.29, 0.717) is 38.9 Å². The first-order valence-electron chi connectivity index (χ1n) is 11.5. The normalized spacial score (nSPS) is 12.2. The number of hydrogen-bond acceptors (Lipinski definition) is 6. The largest absolute Gasteiger partial charge is 0.471 e. The van der Waals surface area contributed by atoms with Crippen molar-refractivity contribution in [2.45, 2.75) is 84.6 Å². The number of carbonyl (C=O) groups excluding carboxylic acids is 3. The summed E-state index contributed by atoms with van der Waals surface area (Å²) in [5.74, 6) is -2.02. The highest BCUT2D eigenvalue weighted by atomic mass is 19.4. The molecule has 0 aromatic rings. The molecule has 3 N–H and O–H groups in total. The van der Waals surface area contributed by atoms with E-state index in [1.54, 1.807) is 51.8 Å².